The third-order valence-electron chi connectivity index (χ3n) is 6.94. The highest BCUT2D eigenvalue weighted by Gasteiger charge is 2.35. The summed E-state index contributed by atoms with van der Waals surface area (Å²) in [6.07, 6.45) is 14.2. The highest BCUT2D eigenvalue weighted by molar-refractivity contribution is 5.29. The molecule has 2 nitrogen and oxygen atoms in total. The van der Waals surface area contributed by atoms with E-state index in [9.17, 15) is 10.2 Å². The molecule has 0 aliphatic heterocycles. The van der Waals surface area contributed by atoms with Crippen molar-refractivity contribution < 1.29 is 10.2 Å². The molecule has 0 heterocycles. The molecular formula is C24H38O2. The average molecular weight is 359 g/mol. The Bertz CT molecular complexity index is 518. The Hall–Kier alpha value is -0.860. The SMILES string of the molecule is CCCCCC[C@H]1CC[C@@H](O)[C@@H]1c1ccc(C(O)C2CCCCC2)cc1. The van der Waals surface area contributed by atoms with Crippen molar-refractivity contribution >= 4 is 0 Å². The minimum atomic E-state index is -0.317. The van der Waals surface area contributed by atoms with Gasteiger partial charge in [-0.3, -0.25) is 0 Å². The molecule has 0 radical (unpaired) electrons. The lowest BCUT2D eigenvalue weighted by Gasteiger charge is -2.27. The van der Waals surface area contributed by atoms with Gasteiger partial charge in [-0.15, -0.1) is 0 Å². The second-order valence-corrected chi connectivity index (χ2v) is 8.79. The van der Waals surface area contributed by atoms with Crippen LogP contribution < -0.4 is 0 Å². The molecule has 0 aromatic heterocycles. The zero-order valence-electron chi connectivity index (χ0n) is 16.6. The highest BCUT2D eigenvalue weighted by atomic mass is 16.3. The first kappa shape index (κ1) is 19.9. The molecule has 4 atom stereocenters. The predicted molar refractivity (Wildman–Crippen MR) is 108 cm³/mol. The van der Waals surface area contributed by atoms with Crippen LogP contribution in [0.15, 0.2) is 24.3 Å². The van der Waals surface area contributed by atoms with E-state index >= 15 is 0 Å². The average Bonchev–Trinajstić information content (AvgIpc) is 3.06. The summed E-state index contributed by atoms with van der Waals surface area (Å²) in [6, 6.07) is 8.60. The number of hydrogen-bond acceptors (Lipinski definition) is 2. The summed E-state index contributed by atoms with van der Waals surface area (Å²) in [7, 11) is 0. The third-order valence-corrected chi connectivity index (χ3v) is 6.94. The number of hydrogen-bond donors (Lipinski definition) is 2. The Kier molecular flexibility index (Phi) is 7.57. The van der Waals surface area contributed by atoms with Crippen LogP contribution >= 0.6 is 0 Å². The van der Waals surface area contributed by atoms with Gasteiger partial charge in [-0.05, 0) is 55.1 Å². The smallest absolute Gasteiger partial charge is 0.0818 e. The highest BCUT2D eigenvalue weighted by Crippen LogP contribution is 2.43. The summed E-state index contributed by atoms with van der Waals surface area (Å²) in [4.78, 5) is 0. The summed E-state index contributed by atoms with van der Waals surface area (Å²) in [5, 5.41) is 21.3. The van der Waals surface area contributed by atoms with Crippen LogP contribution in [-0.2, 0) is 0 Å². The Morgan fingerprint density at radius 2 is 1.65 bits per heavy atom. The van der Waals surface area contributed by atoms with Crippen molar-refractivity contribution in [3.05, 3.63) is 35.4 Å². The van der Waals surface area contributed by atoms with Gasteiger partial charge in [-0.2, -0.15) is 0 Å². The van der Waals surface area contributed by atoms with Crippen molar-refractivity contribution in [2.45, 2.75) is 102 Å². The summed E-state index contributed by atoms with van der Waals surface area (Å²) < 4.78 is 0. The van der Waals surface area contributed by atoms with Gasteiger partial charge in [0.1, 0.15) is 0 Å². The lowest BCUT2D eigenvalue weighted by atomic mass is 9.81. The number of aliphatic hydroxyl groups excluding tert-OH is 2. The number of aliphatic hydroxyl groups is 2. The van der Waals surface area contributed by atoms with E-state index in [0.29, 0.717) is 11.8 Å². The fourth-order valence-corrected chi connectivity index (χ4v) is 5.35. The molecule has 2 saturated carbocycles. The minimum Gasteiger partial charge on any atom is -0.392 e. The maximum absolute atomic E-state index is 10.7. The molecule has 0 spiro atoms. The number of unbranched alkanes of at least 4 members (excludes halogenated alkanes) is 3. The molecular weight excluding hydrogens is 320 g/mol. The number of benzene rings is 1. The van der Waals surface area contributed by atoms with Crippen LogP contribution in [0.4, 0.5) is 0 Å². The zero-order valence-corrected chi connectivity index (χ0v) is 16.6. The van der Waals surface area contributed by atoms with Gasteiger partial charge < -0.3 is 10.2 Å². The Balaban J connectivity index is 1.62. The van der Waals surface area contributed by atoms with E-state index in [1.807, 2.05) is 0 Å². The van der Waals surface area contributed by atoms with Gasteiger partial charge in [0.05, 0.1) is 12.2 Å². The van der Waals surface area contributed by atoms with Gasteiger partial charge in [0.15, 0.2) is 0 Å². The summed E-state index contributed by atoms with van der Waals surface area (Å²) >= 11 is 0. The van der Waals surface area contributed by atoms with Crippen molar-refractivity contribution in [2.75, 3.05) is 0 Å². The van der Waals surface area contributed by atoms with Crippen LogP contribution in [0, 0.1) is 11.8 Å². The van der Waals surface area contributed by atoms with Crippen molar-refractivity contribution in [2.24, 2.45) is 11.8 Å². The molecule has 2 aliphatic carbocycles. The van der Waals surface area contributed by atoms with Crippen LogP contribution in [0.5, 0.6) is 0 Å². The van der Waals surface area contributed by atoms with Crippen LogP contribution in [0.2, 0.25) is 0 Å². The minimum absolute atomic E-state index is 0.194. The maximum atomic E-state index is 10.7. The van der Waals surface area contributed by atoms with Gasteiger partial charge >= 0.3 is 0 Å². The molecule has 1 aromatic carbocycles. The molecule has 2 fully saturated rings. The largest absolute Gasteiger partial charge is 0.392 e. The maximum Gasteiger partial charge on any atom is 0.0818 e. The van der Waals surface area contributed by atoms with E-state index in [0.717, 1.165) is 31.2 Å². The van der Waals surface area contributed by atoms with Gasteiger partial charge in [0, 0.05) is 5.92 Å². The standard InChI is InChI=1S/C24H38O2/c1-2-3-4-6-9-18-16-17-22(25)23(18)19-12-14-21(15-13-19)24(26)20-10-7-5-8-11-20/h12-15,18,20,22-26H,2-11,16-17H2,1H3/t18-,22+,23-,24?/m0/s1. The first-order chi connectivity index (χ1) is 12.7. The summed E-state index contributed by atoms with van der Waals surface area (Å²) in [5.41, 5.74) is 2.34. The van der Waals surface area contributed by atoms with E-state index in [-0.39, 0.29) is 18.1 Å². The van der Waals surface area contributed by atoms with Gasteiger partial charge in [-0.25, -0.2) is 0 Å². The van der Waals surface area contributed by atoms with E-state index in [4.69, 9.17) is 0 Å². The predicted octanol–water partition coefficient (Wildman–Crippen LogP) is 6.13. The Morgan fingerprint density at radius 3 is 2.35 bits per heavy atom. The van der Waals surface area contributed by atoms with Crippen molar-refractivity contribution in [3.8, 4) is 0 Å². The van der Waals surface area contributed by atoms with Crippen LogP contribution in [-0.4, -0.2) is 16.3 Å². The van der Waals surface area contributed by atoms with Crippen molar-refractivity contribution in [3.63, 3.8) is 0 Å². The van der Waals surface area contributed by atoms with E-state index < -0.39 is 0 Å². The molecule has 1 unspecified atom stereocenters. The van der Waals surface area contributed by atoms with Gasteiger partial charge in [0.2, 0.25) is 0 Å². The Labute approximate surface area is 160 Å². The first-order valence-electron chi connectivity index (χ1n) is 11.2. The second kappa shape index (κ2) is 9.90. The summed E-state index contributed by atoms with van der Waals surface area (Å²) in [5.74, 6) is 1.34. The lowest BCUT2D eigenvalue weighted by molar-refractivity contribution is 0.0848. The van der Waals surface area contributed by atoms with Crippen LogP contribution in [0.1, 0.15) is 107 Å². The van der Waals surface area contributed by atoms with Gasteiger partial charge in [0.25, 0.3) is 0 Å². The molecule has 0 amide bonds. The van der Waals surface area contributed by atoms with Crippen molar-refractivity contribution in [1.29, 1.82) is 0 Å². The monoisotopic (exact) mass is 358 g/mol. The molecule has 2 aliphatic rings. The van der Waals surface area contributed by atoms with E-state index in [1.165, 1.54) is 56.9 Å². The first-order valence-corrected chi connectivity index (χ1v) is 11.2. The lowest BCUT2D eigenvalue weighted by Crippen LogP contribution is -2.18. The van der Waals surface area contributed by atoms with Crippen LogP contribution in [0.3, 0.4) is 0 Å². The molecule has 3 rings (SSSR count). The molecule has 0 saturated heterocycles. The van der Waals surface area contributed by atoms with Crippen molar-refractivity contribution in [1.82, 2.24) is 0 Å². The second-order valence-electron chi connectivity index (χ2n) is 8.79. The van der Waals surface area contributed by atoms with E-state index in [2.05, 4.69) is 31.2 Å². The molecule has 26 heavy (non-hydrogen) atoms. The number of rotatable bonds is 8. The molecule has 0 bridgehead atoms. The fraction of sp³-hybridized carbons (Fsp3) is 0.750. The third kappa shape index (κ3) is 4.89. The molecule has 2 N–H and O–H groups in total. The van der Waals surface area contributed by atoms with E-state index in [1.54, 1.807) is 0 Å². The Morgan fingerprint density at radius 1 is 0.923 bits per heavy atom. The zero-order chi connectivity index (χ0) is 18.4. The summed E-state index contributed by atoms with van der Waals surface area (Å²) in [6.45, 7) is 2.26. The molecule has 146 valence electrons. The topological polar surface area (TPSA) is 40.5 Å². The normalized spacial score (nSPS) is 28.3. The fourth-order valence-electron chi connectivity index (χ4n) is 5.35. The molecule has 1 aromatic rings. The quantitative estimate of drug-likeness (QED) is 0.549. The van der Waals surface area contributed by atoms with Crippen LogP contribution in [0.25, 0.3) is 0 Å². The molecule has 2 heteroatoms. The van der Waals surface area contributed by atoms with Gasteiger partial charge in [-0.1, -0.05) is 76.1 Å².